The highest BCUT2D eigenvalue weighted by Gasteiger charge is 2.35. The van der Waals surface area contributed by atoms with Crippen LogP contribution in [0.25, 0.3) is 0 Å². The number of amidine groups is 1. The van der Waals surface area contributed by atoms with Crippen LogP contribution in [-0.2, 0) is 0 Å². The lowest BCUT2D eigenvalue weighted by atomic mass is 10.2. The first-order chi connectivity index (χ1) is 17.3. The third-order valence-corrected chi connectivity index (χ3v) is 11.5. The molecule has 182 valence electrons. The van der Waals surface area contributed by atoms with Crippen molar-refractivity contribution in [2.75, 3.05) is 5.75 Å². The Morgan fingerprint density at radius 2 is 1.06 bits per heavy atom. The minimum atomic E-state index is -2.29. The largest absolute Gasteiger partial charge is 0.225 e. The lowest BCUT2D eigenvalue weighted by molar-refractivity contribution is 0.898. The number of hydrogen-bond acceptors (Lipinski definition) is 2. The molecule has 0 fully saturated rings. The van der Waals surface area contributed by atoms with Crippen LogP contribution >= 0.6 is 42.6 Å². The van der Waals surface area contributed by atoms with E-state index in [1.54, 1.807) is 0 Å². The summed E-state index contributed by atoms with van der Waals surface area (Å²) in [7, 11) is 0. The zero-order valence-electron chi connectivity index (χ0n) is 20.3. The van der Waals surface area contributed by atoms with Crippen molar-refractivity contribution in [2.24, 2.45) is 9.98 Å². The maximum absolute atomic E-state index is 5.38. The number of unbranched alkanes of at least 4 members (excludes halogenated alkanes) is 1. The Balaban J connectivity index is 0.00000304. The first kappa shape index (κ1) is 26.7. The summed E-state index contributed by atoms with van der Waals surface area (Å²) in [4.78, 5) is 10.6. The van der Waals surface area contributed by atoms with Crippen LogP contribution in [0.3, 0.4) is 0 Å². The molecule has 0 spiro atoms. The molecule has 0 saturated carbocycles. The molecule has 1 aliphatic rings. The third-order valence-electron chi connectivity index (χ3n) is 6.13. The minimum Gasteiger partial charge on any atom is -0.225 e. The van der Waals surface area contributed by atoms with Gasteiger partial charge >= 0.3 is 0 Å². The van der Waals surface area contributed by atoms with E-state index in [1.807, 2.05) is 17.8 Å². The quantitative estimate of drug-likeness (QED) is 0.123. The monoisotopic (exact) mass is 620 g/mol. The van der Waals surface area contributed by atoms with Crippen LogP contribution in [0, 0.1) is 0 Å². The van der Waals surface area contributed by atoms with Crippen LogP contribution in [0.5, 0.6) is 0 Å². The lowest BCUT2D eigenvalue weighted by Gasteiger charge is -2.30. The van der Waals surface area contributed by atoms with Gasteiger partial charge in [0.25, 0.3) is 0 Å². The van der Waals surface area contributed by atoms with Crippen LogP contribution in [-0.4, -0.2) is 22.0 Å². The van der Waals surface area contributed by atoms with E-state index < -0.39 is 6.89 Å². The number of nitrogens with zero attached hydrogens (tertiary/aromatic N) is 2. The summed E-state index contributed by atoms with van der Waals surface area (Å²) in [5.74, 6) is 1.85. The molecular formula is C31H30IN2PS. The van der Waals surface area contributed by atoms with Gasteiger partial charge in [-0.3, -0.25) is 0 Å². The van der Waals surface area contributed by atoms with Gasteiger partial charge in [0.2, 0.25) is 0 Å². The molecule has 0 saturated heterocycles. The smallest absolute Gasteiger partial charge is 0.161 e. The van der Waals surface area contributed by atoms with E-state index in [1.165, 1.54) is 22.3 Å². The van der Waals surface area contributed by atoms with Crippen molar-refractivity contribution in [3.8, 4) is 0 Å². The van der Waals surface area contributed by atoms with E-state index in [-0.39, 0.29) is 24.0 Å². The number of aliphatic imine (C=N–C) groups is 2. The summed E-state index contributed by atoms with van der Waals surface area (Å²) in [6, 6.07) is 43.1. The van der Waals surface area contributed by atoms with E-state index in [0.717, 1.165) is 34.0 Å². The predicted molar refractivity (Wildman–Crippen MR) is 173 cm³/mol. The first-order valence-corrected chi connectivity index (χ1v) is 14.9. The second-order valence-electron chi connectivity index (χ2n) is 8.42. The molecule has 2 nitrogen and oxygen atoms in total. The maximum atomic E-state index is 5.38. The Labute approximate surface area is 236 Å². The fourth-order valence-corrected chi connectivity index (χ4v) is 10.1. The molecule has 5 rings (SSSR count). The Morgan fingerprint density at radius 3 is 1.50 bits per heavy atom. The minimum absolute atomic E-state index is 0. The Kier molecular flexibility index (Phi) is 9.41. The van der Waals surface area contributed by atoms with Crippen molar-refractivity contribution >= 4 is 74.8 Å². The molecular weight excluding hydrogens is 590 g/mol. The molecule has 0 atom stereocenters. The highest BCUT2D eigenvalue weighted by atomic mass is 127. The molecule has 4 aromatic rings. The highest BCUT2D eigenvalue weighted by molar-refractivity contribution is 14.0. The second-order valence-corrected chi connectivity index (χ2v) is 12.8. The zero-order valence-corrected chi connectivity index (χ0v) is 24.4. The van der Waals surface area contributed by atoms with E-state index in [2.05, 4.69) is 122 Å². The fourth-order valence-electron chi connectivity index (χ4n) is 4.43. The molecule has 36 heavy (non-hydrogen) atoms. The molecule has 4 aromatic carbocycles. The average Bonchev–Trinajstić information content (AvgIpc) is 3.36. The van der Waals surface area contributed by atoms with Crippen molar-refractivity contribution in [1.82, 2.24) is 0 Å². The molecule has 0 N–H and O–H groups in total. The summed E-state index contributed by atoms with van der Waals surface area (Å²) < 4.78 is 0. The molecule has 0 radical (unpaired) electrons. The summed E-state index contributed by atoms with van der Waals surface area (Å²) in [5.41, 5.74) is 2.17. The number of rotatable bonds is 7. The summed E-state index contributed by atoms with van der Waals surface area (Å²) in [5, 5.41) is 4.96. The number of benzene rings is 4. The maximum Gasteiger partial charge on any atom is 0.161 e. The number of thioether (sulfide) groups is 1. The van der Waals surface area contributed by atoms with Gasteiger partial charge < -0.3 is 0 Å². The SMILES string of the molecule is CCCCSC1=NC(c2ccccc2)=NC1=P(c1ccccc1)(c1ccccc1)c1ccccc1.I. The molecule has 0 aromatic heterocycles. The molecule has 1 heterocycles. The topological polar surface area (TPSA) is 24.7 Å². The van der Waals surface area contributed by atoms with E-state index in [9.17, 15) is 0 Å². The molecule has 0 unspecified atom stereocenters. The van der Waals surface area contributed by atoms with Crippen molar-refractivity contribution in [3.05, 3.63) is 127 Å². The summed E-state index contributed by atoms with van der Waals surface area (Å²) in [6.45, 7) is -0.0471. The van der Waals surface area contributed by atoms with Crippen molar-refractivity contribution < 1.29 is 0 Å². The van der Waals surface area contributed by atoms with Crippen LogP contribution in [0.4, 0.5) is 0 Å². The van der Waals surface area contributed by atoms with Gasteiger partial charge in [-0.1, -0.05) is 135 Å². The summed E-state index contributed by atoms with van der Waals surface area (Å²) in [6.07, 6.45) is 2.32. The first-order valence-electron chi connectivity index (χ1n) is 12.1. The summed E-state index contributed by atoms with van der Waals surface area (Å²) >= 11 is 1.85. The highest BCUT2D eigenvalue weighted by Crippen LogP contribution is 2.48. The van der Waals surface area contributed by atoms with Crippen LogP contribution < -0.4 is 15.9 Å². The van der Waals surface area contributed by atoms with Gasteiger partial charge in [0.15, 0.2) is 5.84 Å². The molecule has 5 heteroatoms. The Bertz CT molecular complexity index is 1280. The van der Waals surface area contributed by atoms with Gasteiger partial charge in [0, 0.05) is 12.4 Å². The normalized spacial score (nSPS) is 13.1. The van der Waals surface area contributed by atoms with Gasteiger partial charge in [-0.2, -0.15) is 0 Å². The Hall–Kier alpha value is -2.40. The van der Waals surface area contributed by atoms with Gasteiger partial charge in [0.1, 0.15) is 10.5 Å². The average molecular weight is 621 g/mol. The van der Waals surface area contributed by atoms with Crippen LogP contribution in [0.2, 0.25) is 0 Å². The van der Waals surface area contributed by atoms with Crippen molar-refractivity contribution in [1.29, 1.82) is 0 Å². The van der Waals surface area contributed by atoms with E-state index in [0.29, 0.717) is 0 Å². The van der Waals surface area contributed by atoms with Crippen LogP contribution in [0.1, 0.15) is 25.3 Å². The van der Waals surface area contributed by atoms with Gasteiger partial charge in [-0.05, 0) is 28.1 Å². The van der Waals surface area contributed by atoms with Gasteiger partial charge in [-0.15, -0.1) is 35.7 Å². The second kappa shape index (κ2) is 12.7. The molecule has 0 aliphatic carbocycles. The lowest BCUT2D eigenvalue weighted by Crippen LogP contribution is -2.31. The fraction of sp³-hybridized carbons (Fsp3) is 0.129. The van der Waals surface area contributed by atoms with Crippen molar-refractivity contribution in [3.63, 3.8) is 0 Å². The van der Waals surface area contributed by atoms with Crippen LogP contribution in [0.15, 0.2) is 131 Å². The number of halogens is 1. The van der Waals surface area contributed by atoms with E-state index in [4.69, 9.17) is 9.98 Å². The Morgan fingerprint density at radius 1 is 0.611 bits per heavy atom. The molecule has 1 aliphatic heterocycles. The standard InChI is InChI=1S/C31H29N2PS.HI/c1-2-3-24-35-31-30(32-29(33-31)25-16-8-4-9-17-25)34(26-18-10-5-11-19-26,27-20-12-6-13-21-27)28-22-14-7-15-23-28;/h4-23H,2-3,24H2,1H3;1H. The van der Waals surface area contributed by atoms with E-state index >= 15 is 0 Å². The van der Waals surface area contributed by atoms with Gasteiger partial charge in [-0.25, -0.2) is 9.98 Å². The molecule has 0 bridgehead atoms. The molecule has 0 amide bonds. The third kappa shape index (κ3) is 5.32. The number of hydrogen-bond donors (Lipinski definition) is 0. The predicted octanol–water partition coefficient (Wildman–Crippen LogP) is 7.12. The van der Waals surface area contributed by atoms with Crippen molar-refractivity contribution in [2.45, 2.75) is 19.8 Å². The van der Waals surface area contributed by atoms with Gasteiger partial charge in [0.05, 0.1) is 0 Å². The zero-order chi connectivity index (χ0) is 23.9.